The van der Waals surface area contributed by atoms with Crippen molar-refractivity contribution in [3.05, 3.63) is 70.9 Å². The van der Waals surface area contributed by atoms with Crippen LogP contribution in [0.25, 0.3) is 10.9 Å². The maximum atomic E-state index is 15.6. The molecule has 3 aromatic heterocycles. The number of nitrogens with one attached hydrogen (secondary N) is 2. The zero-order valence-corrected chi connectivity index (χ0v) is 19.6. The number of nitrogens with zero attached hydrogens (tertiary/aromatic N) is 4. The highest BCUT2D eigenvalue weighted by Gasteiger charge is 2.34. The first kappa shape index (κ1) is 22.5. The number of hydrogen-bond acceptors (Lipinski definition) is 4. The van der Waals surface area contributed by atoms with Crippen molar-refractivity contribution in [3.63, 3.8) is 0 Å². The average Bonchev–Trinajstić information content (AvgIpc) is 3.17. The van der Waals surface area contributed by atoms with E-state index in [0.717, 1.165) is 12.8 Å². The molecule has 0 bridgehead atoms. The fourth-order valence-corrected chi connectivity index (χ4v) is 4.74. The molecule has 8 nitrogen and oxygen atoms in total. The Labute approximate surface area is 205 Å². The maximum absolute atomic E-state index is 15.6. The number of alkyl halides is 1. The topological polar surface area (TPSA) is 89.8 Å². The molecule has 10 heteroatoms. The molecule has 0 radical (unpaired) electrons. The monoisotopic (exact) mass is 490 g/mol. The van der Waals surface area contributed by atoms with E-state index in [2.05, 4.69) is 32.2 Å². The van der Waals surface area contributed by atoms with Gasteiger partial charge in [0.2, 0.25) is 0 Å². The van der Waals surface area contributed by atoms with E-state index in [-0.39, 0.29) is 37.0 Å². The number of H-pyrrole nitrogens is 1. The van der Waals surface area contributed by atoms with Crippen LogP contribution in [0.3, 0.4) is 0 Å². The number of methoxy groups -OCH3 is 1. The van der Waals surface area contributed by atoms with Crippen molar-refractivity contribution in [1.29, 1.82) is 0 Å². The molecule has 2 atom stereocenters. The van der Waals surface area contributed by atoms with Gasteiger partial charge < -0.3 is 19.6 Å². The molecule has 36 heavy (non-hydrogen) atoms. The van der Waals surface area contributed by atoms with E-state index in [4.69, 9.17) is 4.74 Å². The molecule has 1 aliphatic heterocycles. The van der Waals surface area contributed by atoms with Crippen LogP contribution in [0.4, 0.5) is 8.78 Å². The van der Waals surface area contributed by atoms with Crippen LogP contribution in [0.1, 0.15) is 58.2 Å². The van der Waals surface area contributed by atoms with E-state index in [1.807, 2.05) is 0 Å². The van der Waals surface area contributed by atoms with Crippen LogP contribution in [-0.4, -0.2) is 50.1 Å². The second-order valence-electron chi connectivity index (χ2n) is 9.16. The van der Waals surface area contributed by atoms with Crippen molar-refractivity contribution >= 4 is 16.8 Å². The fourth-order valence-electron chi connectivity index (χ4n) is 4.74. The number of amides is 1. The normalized spacial score (nSPS) is 17.6. The minimum Gasteiger partial charge on any atom is -0.372 e. The molecule has 0 spiro atoms. The molecule has 1 aromatic carbocycles. The summed E-state index contributed by atoms with van der Waals surface area (Å²) in [6, 6.07) is 7.85. The lowest BCUT2D eigenvalue weighted by Crippen LogP contribution is -2.31. The van der Waals surface area contributed by atoms with E-state index in [0.29, 0.717) is 28.0 Å². The number of halogens is 2. The van der Waals surface area contributed by atoms with Gasteiger partial charge in [0.05, 0.1) is 30.3 Å². The molecule has 6 rings (SSSR count). The zero-order chi connectivity index (χ0) is 24.8. The third kappa shape index (κ3) is 3.95. The predicted octanol–water partition coefficient (Wildman–Crippen LogP) is 3.45. The van der Waals surface area contributed by atoms with Crippen LogP contribution >= 0.6 is 0 Å². The Bertz CT molecular complexity index is 1520. The maximum Gasteiger partial charge on any atom is 0.272 e. The highest BCUT2D eigenvalue weighted by Crippen LogP contribution is 2.36. The Balaban J connectivity index is 1.39. The summed E-state index contributed by atoms with van der Waals surface area (Å²) in [6.45, 7) is 0.452. The quantitative estimate of drug-likeness (QED) is 0.405. The Morgan fingerprint density at radius 1 is 1.36 bits per heavy atom. The van der Waals surface area contributed by atoms with Gasteiger partial charge in [-0.2, -0.15) is 5.10 Å². The average molecular weight is 491 g/mol. The van der Waals surface area contributed by atoms with Gasteiger partial charge >= 0.3 is 0 Å². The van der Waals surface area contributed by atoms with Crippen LogP contribution in [0, 0.1) is 17.7 Å². The molecule has 0 saturated heterocycles. The summed E-state index contributed by atoms with van der Waals surface area (Å²) in [6.07, 6.45) is 2.58. The minimum atomic E-state index is -1.05. The van der Waals surface area contributed by atoms with Gasteiger partial charge in [0.25, 0.3) is 5.91 Å². The van der Waals surface area contributed by atoms with Gasteiger partial charge in [-0.05, 0) is 30.9 Å². The molecule has 4 heterocycles. The van der Waals surface area contributed by atoms with E-state index < -0.39 is 23.9 Å². The molecule has 2 N–H and O–H groups in total. The van der Waals surface area contributed by atoms with Crippen LogP contribution in [0.15, 0.2) is 36.7 Å². The van der Waals surface area contributed by atoms with E-state index >= 15 is 4.39 Å². The summed E-state index contributed by atoms with van der Waals surface area (Å²) >= 11 is 0. The van der Waals surface area contributed by atoms with Gasteiger partial charge in [-0.1, -0.05) is 18.1 Å². The number of carbonyl (C=O) groups excluding carboxylic acids is 1. The van der Waals surface area contributed by atoms with Gasteiger partial charge in [-0.25, -0.2) is 13.8 Å². The summed E-state index contributed by atoms with van der Waals surface area (Å²) < 4.78 is 38.2. The molecule has 1 unspecified atom stereocenters. The van der Waals surface area contributed by atoms with Crippen molar-refractivity contribution in [2.45, 2.75) is 44.1 Å². The van der Waals surface area contributed by atoms with Gasteiger partial charge in [-0.3, -0.25) is 9.48 Å². The summed E-state index contributed by atoms with van der Waals surface area (Å²) in [4.78, 5) is 21.0. The van der Waals surface area contributed by atoms with Crippen molar-refractivity contribution < 1.29 is 18.3 Å². The van der Waals surface area contributed by atoms with E-state index in [9.17, 15) is 9.18 Å². The van der Waals surface area contributed by atoms with Crippen molar-refractivity contribution in [2.75, 3.05) is 13.7 Å². The van der Waals surface area contributed by atoms with Crippen LogP contribution in [-0.2, 0) is 17.7 Å². The van der Waals surface area contributed by atoms with Crippen LogP contribution < -0.4 is 5.32 Å². The molecular weight excluding hydrogens is 466 g/mol. The number of carbonyl (C=O) groups is 1. The van der Waals surface area contributed by atoms with Crippen LogP contribution in [0.2, 0.25) is 0 Å². The van der Waals surface area contributed by atoms with E-state index in [1.54, 1.807) is 46.7 Å². The number of aromatic nitrogens is 5. The first-order valence-corrected chi connectivity index (χ1v) is 11.9. The standard InChI is InChI=1S/C26H24F2N6O2/c1-36-10-4-5-17-12-20(32-34(17)16-8-9-16)26(35)31-25(23-21-11-15(27)13-33(21)14-29-23)24-22(28)18-6-2-3-7-19(18)30-24/h2-3,6-7,12,14-16,25,30H,8-11,13H2,1H3,(H,31,35)/t15-,25?/m1/s1. The number of fused-ring (bicyclic) bond motifs is 2. The SMILES string of the molecule is COCC#Cc1cc(C(=O)NC(c2ncn3c2C[C@@H](F)C3)c2[nH]c3ccccc3c2F)nn1C1CC1. The number of imidazole rings is 1. The first-order valence-electron chi connectivity index (χ1n) is 11.9. The highest BCUT2D eigenvalue weighted by atomic mass is 19.1. The van der Waals surface area contributed by atoms with Crippen molar-refractivity contribution in [3.8, 4) is 11.8 Å². The minimum absolute atomic E-state index is 0.152. The zero-order valence-electron chi connectivity index (χ0n) is 19.6. The Morgan fingerprint density at radius 2 is 2.19 bits per heavy atom. The molecule has 1 fully saturated rings. The molecule has 4 aromatic rings. The molecule has 184 valence electrons. The summed E-state index contributed by atoms with van der Waals surface area (Å²) in [5.41, 5.74) is 2.60. The number of benzene rings is 1. The van der Waals surface area contributed by atoms with Crippen molar-refractivity contribution in [1.82, 2.24) is 29.6 Å². The number of ether oxygens (including phenoxy) is 1. The molecule has 1 amide bonds. The molecular formula is C26H24F2N6O2. The largest absolute Gasteiger partial charge is 0.372 e. The van der Waals surface area contributed by atoms with Gasteiger partial charge in [0.15, 0.2) is 11.5 Å². The summed E-state index contributed by atoms with van der Waals surface area (Å²) in [7, 11) is 1.56. The number of rotatable bonds is 6. The lowest BCUT2D eigenvalue weighted by molar-refractivity contribution is 0.0935. The lowest BCUT2D eigenvalue weighted by atomic mass is 10.1. The lowest BCUT2D eigenvalue weighted by Gasteiger charge is -2.17. The second-order valence-corrected chi connectivity index (χ2v) is 9.16. The van der Waals surface area contributed by atoms with Crippen LogP contribution in [0.5, 0.6) is 0 Å². The third-order valence-electron chi connectivity index (χ3n) is 6.59. The number of para-hydroxylation sites is 1. The molecule has 1 aliphatic carbocycles. The third-order valence-corrected chi connectivity index (χ3v) is 6.59. The summed E-state index contributed by atoms with van der Waals surface area (Å²) in [5.74, 6) is 4.93. The number of hydrogen-bond donors (Lipinski definition) is 2. The second kappa shape index (κ2) is 8.91. The van der Waals surface area contributed by atoms with Gasteiger partial charge in [0.1, 0.15) is 24.5 Å². The van der Waals surface area contributed by atoms with Gasteiger partial charge in [-0.15, -0.1) is 0 Å². The Hall–Kier alpha value is -3.97. The smallest absolute Gasteiger partial charge is 0.272 e. The summed E-state index contributed by atoms with van der Waals surface area (Å²) in [5, 5.41) is 7.81. The number of aromatic amines is 1. The fraction of sp³-hybridized carbons (Fsp3) is 0.346. The highest BCUT2D eigenvalue weighted by molar-refractivity contribution is 5.93. The van der Waals surface area contributed by atoms with Gasteiger partial charge in [0, 0.05) is 36.2 Å². The Morgan fingerprint density at radius 3 is 2.97 bits per heavy atom. The van der Waals surface area contributed by atoms with Crippen molar-refractivity contribution in [2.24, 2.45) is 0 Å². The predicted molar refractivity (Wildman–Crippen MR) is 128 cm³/mol. The molecule has 2 aliphatic rings. The molecule has 1 saturated carbocycles. The van der Waals surface area contributed by atoms with E-state index in [1.165, 1.54) is 6.33 Å². The first-order chi connectivity index (χ1) is 17.5. The Kier molecular flexibility index (Phi) is 5.57.